The predicted molar refractivity (Wildman–Crippen MR) is 57.7 cm³/mol. The molecule has 0 aromatic carbocycles. The molecule has 1 fully saturated rings. The average Bonchev–Trinajstić information content (AvgIpc) is 2.15. The minimum absolute atomic E-state index is 0.165. The minimum Gasteiger partial charge on any atom is -0.468 e. The Bertz CT molecular complexity index is 230. The lowest BCUT2D eigenvalue weighted by Crippen LogP contribution is -2.58. The molecule has 0 N–H and O–H groups in total. The molecule has 4 nitrogen and oxygen atoms in total. The summed E-state index contributed by atoms with van der Waals surface area (Å²) in [5, 5.41) is 0. The highest BCUT2D eigenvalue weighted by atomic mass is 16.5. The standard InChI is InChI=1S/C11H21NO3/c1-8-6-12(7-9(2)15-8)11(3,4)10(13)14-5/h8-9H,6-7H2,1-5H3. The van der Waals surface area contributed by atoms with Gasteiger partial charge < -0.3 is 9.47 Å². The van der Waals surface area contributed by atoms with Gasteiger partial charge in [-0.25, -0.2) is 0 Å². The van der Waals surface area contributed by atoms with Gasteiger partial charge >= 0.3 is 5.97 Å². The lowest BCUT2D eigenvalue weighted by molar-refractivity contribution is -0.161. The Labute approximate surface area is 91.5 Å². The highest BCUT2D eigenvalue weighted by Gasteiger charge is 2.39. The van der Waals surface area contributed by atoms with E-state index in [-0.39, 0.29) is 18.2 Å². The van der Waals surface area contributed by atoms with Gasteiger partial charge in [-0.05, 0) is 27.7 Å². The number of nitrogens with zero attached hydrogens (tertiary/aromatic N) is 1. The van der Waals surface area contributed by atoms with Crippen LogP contribution in [0, 0.1) is 0 Å². The minimum atomic E-state index is -0.568. The van der Waals surface area contributed by atoms with E-state index in [9.17, 15) is 4.79 Å². The molecule has 0 amide bonds. The largest absolute Gasteiger partial charge is 0.468 e. The second-order valence-electron chi connectivity index (χ2n) is 4.71. The van der Waals surface area contributed by atoms with Crippen LogP contribution in [0.1, 0.15) is 27.7 Å². The van der Waals surface area contributed by atoms with Crippen molar-refractivity contribution >= 4 is 5.97 Å². The molecule has 0 aromatic heterocycles. The van der Waals surface area contributed by atoms with Gasteiger partial charge in [0.1, 0.15) is 5.54 Å². The van der Waals surface area contributed by atoms with E-state index in [0.717, 1.165) is 13.1 Å². The van der Waals surface area contributed by atoms with Crippen LogP contribution in [-0.2, 0) is 14.3 Å². The van der Waals surface area contributed by atoms with Crippen LogP contribution in [0.3, 0.4) is 0 Å². The second-order valence-corrected chi connectivity index (χ2v) is 4.71. The molecule has 0 saturated carbocycles. The quantitative estimate of drug-likeness (QED) is 0.645. The van der Waals surface area contributed by atoms with E-state index in [0.29, 0.717) is 0 Å². The molecule has 0 radical (unpaired) electrons. The van der Waals surface area contributed by atoms with Crippen molar-refractivity contribution < 1.29 is 14.3 Å². The molecule has 88 valence electrons. The van der Waals surface area contributed by atoms with Gasteiger partial charge in [-0.2, -0.15) is 0 Å². The van der Waals surface area contributed by atoms with E-state index in [1.165, 1.54) is 7.11 Å². The number of esters is 1. The first kappa shape index (κ1) is 12.5. The summed E-state index contributed by atoms with van der Waals surface area (Å²) in [6.45, 7) is 9.37. The van der Waals surface area contributed by atoms with Crippen molar-refractivity contribution in [1.82, 2.24) is 4.90 Å². The Morgan fingerprint density at radius 3 is 2.20 bits per heavy atom. The fourth-order valence-electron chi connectivity index (χ4n) is 2.01. The van der Waals surface area contributed by atoms with Crippen LogP contribution in [0.25, 0.3) is 0 Å². The smallest absolute Gasteiger partial charge is 0.325 e. The number of ether oxygens (including phenoxy) is 2. The Morgan fingerprint density at radius 2 is 1.80 bits per heavy atom. The highest BCUT2D eigenvalue weighted by Crippen LogP contribution is 2.22. The number of methoxy groups -OCH3 is 1. The van der Waals surface area contributed by atoms with E-state index in [2.05, 4.69) is 4.90 Å². The zero-order valence-electron chi connectivity index (χ0n) is 10.2. The van der Waals surface area contributed by atoms with Gasteiger partial charge in [0.25, 0.3) is 0 Å². The second kappa shape index (κ2) is 4.49. The van der Waals surface area contributed by atoms with Gasteiger partial charge in [-0.1, -0.05) is 0 Å². The fraction of sp³-hybridized carbons (Fsp3) is 0.909. The van der Waals surface area contributed by atoms with E-state index in [1.807, 2.05) is 27.7 Å². The maximum Gasteiger partial charge on any atom is 0.325 e. The molecule has 0 bridgehead atoms. The zero-order valence-corrected chi connectivity index (χ0v) is 10.2. The third-order valence-corrected chi connectivity index (χ3v) is 2.90. The van der Waals surface area contributed by atoms with Crippen molar-refractivity contribution in [3.63, 3.8) is 0 Å². The summed E-state index contributed by atoms with van der Waals surface area (Å²) >= 11 is 0. The number of hydrogen-bond donors (Lipinski definition) is 0. The topological polar surface area (TPSA) is 38.8 Å². The van der Waals surface area contributed by atoms with Gasteiger partial charge in [0, 0.05) is 13.1 Å². The number of hydrogen-bond acceptors (Lipinski definition) is 4. The van der Waals surface area contributed by atoms with E-state index in [1.54, 1.807) is 0 Å². The summed E-state index contributed by atoms with van der Waals surface area (Å²) in [7, 11) is 1.43. The molecule has 1 aliphatic heterocycles. The molecular weight excluding hydrogens is 194 g/mol. The summed E-state index contributed by atoms with van der Waals surface area (Å²) < 4.78 is 10.4. The highest BCUT2D eigenvalue weighted by molar-refractivity contribution is 5.79. The summed E-state index contributed by atoms with van der Waals surface area (Å²) in [6, 6.07) is 0. The molecule has 0 aromatic rings. The fourth-order valence-corrected chi connectivity index (χ4v) is 2.01. The molecule has 15 heavy (non-hydrogen) atoms. The maximum absolute atomic E-state index is 11.6. The van der Waals surface area contributed by atoms with E-state index >= 15 is 0 Å². The molecule has 1 rings (SSSR count). The SMILES string of the molecule is COC(=O)C(C)(C)N1CC(C)OC(C)C1. The van der Waals surface area contributed by atoms with Crippen molar-refractivity contribution in [3.8, 4) is 0 Å². The van der Waals surface area contributed by atoms with Crippen LogP contribution in [0.4, 0.5) is 0 Å². The molecule has 2 atom stereocenters. The first-order valence-electron chi connectivity index (χ1n) is 5.37. The van der Waals surface area contributed by atoms with E-state index in [4.69, 9.17) is 9.47 Å². The molecule has 4 heteroatoms. The third-order valence-electron chi connectivity index (χ3n) is 2.90. The van der Waals surface area contributed by atoms with Crippen LogP contribution in [0.15, 0.2) is 0 Å². The first-order valence-corrected chi connectivity index (χ1v) is 5.37. The summed E-state index contributed by atoms with van der Waals surface area (Å²) in [4.78, 5) is 13.8. The third kappa shape index (κ3) is 2.69. The number of carbonyl (C=O) groups is 1. The van der Waals surface area contributed by atoms with Gasteiger partial charge in [0.2, 0.25) is 0 Å². The number of rotatable bonds is 2. The lowest BCUT2D eigenvalue weighted by Gasteiger charge is -2.43. The van der Waals surface area contributed by atoms with Crippen molar-refractivity contribution in [3.05, 3.63) is 0 Å². The molecule has 1 aliphatic rings. The Kier molecular flexibility index (Phi) is 3.73. The molecular formula is C11H21NO3. The molecule has 0 spiro atoms. The molecule has 0 aliphatic carbocycles. The molecule has 1 saturated heterocycles. The number of carbonyl (C=O) groups excluding carboxylic acids is 1. The average molecular weight is 215 g/mol. The van der Waals surface area contributed by atoms with Gasteiger partial charge in [-0.3, -0.25) is 9.69 Å². The zero-order chi connectivity index (χ0) is 11.6. The van der Waals surface area contributed by atoms with Gasteiger partial charge in [-0.15, -0.1) is 0 Å². The summed E-state index contributed by atoms with van der Waals surface area (Å²) in [5.74, 6) is -0.191. The summed E-state index contributed by atoms with van der Waals surface area (Å²) in [6.07, 6.45) is 0.329. The molecule has 1 heterocycles. The maximum atomic E-state index is 11.6. The van der Waals surface area contributed by atoms with Crippen molar-refractivity contribution in [1.29, 1.82) is 0 Å². The Morgan fingerprint density at radius 1 is 1.33 bits per heavy atom. The monoisotopic (exact) mass is 215 g/mol. The van der Waals surface area contributed by atoms with E-state index < -0.39 is 5.54 Å². The predicted octanol–water partition coefficient (Wildman–Crippen LogP) is 1.05. The van der Waals surface area contributed by atoms with Crippen molar-refractivity contribution in [2.45, 2.75) is 45.4 Å². The summed E-state index contributed by atoms with van der Waals surface area (Å²) in [5.41, 5.74) is -0.568. The van der Waals surface area contributed by atoms with Gasteiger partial charge in [0.05, 0.1) is 19.3 Å². The van der Waals surface area contributed by atoms with Crippen LogP contribution < -0.4 is 0 Å². The van der Waals surface area contributed by atoms with Gasteiger partial charge in [0.15, 0.2) is 0 Å². The molecule has 2 unspecified atom stereocenters. The normalized spacial score (nSPS) is 28.9. The Hall–Kier alpha value is -0.610. The Balaban J connectivity index is 2.73. The van der Waals surface area contributed by atoms with Crippen LogP contribution >= 0.6 is 0 Å². The lowest BCUT2D eigenvalue weighted by atomic mass is 10.0. The van der Waals surface area contributed by atoms with Crippen molar-refractivity contribution in [2.75, 3.05) is 20.2 Å². The van der Waals surface area contributed by atoms with Crippen LogP contribution in [0.5, 0.6) is 0 Å². The number of morpholine rings is 1. The van der Waals surface area contributed by atoms with Crippen molar-refractivity contribution in [2.24, 2.45) is 0 Å². The van der Waals surface area contributed by atoms with Crippen LogP contribution in [-0.4, -0.2) is 48.8 Å². The van der Waals surface area contributed by atoms with Crippen LogP contribution in [0.2, 0.25) is 0 Å². The first-order chi connectivity index (χ1) is 6.87.